The number of fused-ring (bicyclic) bond motifs is 1. The molecule has 4 atom stereocenters. The normalized spacial score (nSPS) is 30.0. The summed E-state index contributed by atoms with van der Waals surface area (Å²) in [6.07, 6.45) is 1.54. The van der Waals surface area contributed by atoms with E-state index in [9.17, 15) is 15.3 Å². The number of nitrogens with zero attached hydrogens (tertiary/aromatic N) is 1. The summed E-state index contributed by atoms with van der Waals surface area (Å²) in [5, 5.41) is 30.5. The third kappa shape index (κ3) is 2.88. The Morgan fingerprint density at radius 3 is 2.76 bits per heavy atom. The smallest absolute Gasteiger partial charge is 0.148 e. The number of aliphatic hydroxyl groups excluding tert-OH is 2. The molecule has 0 bridgehead atoms. The average Bonchev–Trinajstić information content (AvgIpc) is 2.98. The molecule has 0 saturated carbocycles. The molecule has 2 aliphatic rings. The number of rotatable bonds is 6. The van der Waals surface area contributed by atoms with Crippen molar-refractivity contribution in [3.63, 3.8) is 0 Å². The van der Waals surface area contributed by atoms with Gasteiger partial charge in [0.05, 0.1) is 18.2 Å². The van der Waals surface area contributed by atoms with Gasteiger partial charge in [-0.05, 0) is 24.8 Å². The summed E-state index contributed by atoms with van der Waals surface area (Å²) in [6.45, 7) is 11.0. The summed E-state index contributed by atoms with van der Waals surface area (Å²) in [4.78, 5) is 2.22. The van der Waals surface area contributed by atoms with E-state index in [1.165, 1.54) is 6.92 Å². The molecule has 120 valence electrons. The van der Waals surface area contributed by atoms with Crippen molar-refractivity contribution in [2.75, 3.05) is 19.7 Å². The third-order valence-electron chi connectivity index (χ3n) is 4.81. The molecule has 0 amide bonds. The van der Waals surface area contributed by atoms with Crippen molar-refractivity contribution in [2.24, 2.45) is 5.92 Å². The molecular weight excluding hydrogens is 270 g/mol. The number of ether oxygens (including phenoxy) is 1. The van der Waals surface area contributed by atoms with Gasteiger partial charge in [0.25, 0.3) is 0 Å². The fourth-order valence-corrected chi connectivity index (χ4v) is 3.35. The molecule has 2 aliphatic heterocycles. The Morgan fingerprint density at radius 2 is 2.19 bits per heavy atom. The summed E-state index contributed by atoms with van der Waals surface area (Å²) < 4.78 is 5.66. The topological polar surface area (TPSA) is 73.2 Å². The van der Waals surface area contributed by atoms with Gasteiger partial charge >= 0.3 is 0 Å². The second-order valence-corrected chi connectivity index (χ2v) is 6.44. The Hall–Kier alpha value is -0.880. The molecule has 0 aliphatic carbocycles. The van der Waals surface area contributed by atoms with Crippen molar-refractivity contribution in [1.29, 1.82) is 0 Å². The van der Waals surface area contributed by atoms with Gasteiger partial charge in [-0.25, -0.2) is 0 Å². The van der Waals surface area contributed by atoms with E-state index in [1.807, 2.05) is 13.8 Å². The summed E-state index contributed by atoms with van der Waals surface area (Å²) in [7, 11) is 0. The molecule has 2 rings (SSSR count). The van der Waals surface area contributed by atoms with Crippen molar-refractivity contribution >= 4 is 0 Å². The van der Waals surface area contributed by atoms with E-state index < -0.39 is 11.7 Å². The van der Waals surface area contributed by atoms with E-state index in [0.29, 0.717) is 6.61 Å². The lowest BCUT2D eigenvalue weighted by Gasteiger charge is -2.36. The fourth-order valence-electron chi connectivity index (χ4n) is 3.35. The SMILES string of the molecule is C=C(OCC1=CCN2CC[C@@H](O)C12)[C@@](O)(C(C)C)[C@@H](C)O. The van der Waals surface area contributed by atoms with Crippen LogP contribution in [-0.4, -0.2) is 63.8 Å². The minimum atomic E-state index is -1.47. The molecule has 5 heteroatoms. The highest BCUT2D eigenvalue weighted by molar-refractivity contribution is 5.24. The maximum Gasteiger partial charge on any atom is 0.148 e. The first-order valence-electron chi connectivity index (χ1n) is 7.62. The second-order valence-electron chi connectivity index (χ2n) is 6.44. The molecule has 0 spiro atoms. The van der Waals surface area contributed by atoms with E-state index in [1.54, 1.807) is 0 Å². The Morgan fingerprint density at radius 1 is 1.52 bits per heavy atom. The summed E-state index contributed by atoms with van der Waals surface area (Å²) >= 11 is 0. The summed E-state index contributed by atoms with van der Waals surface area (Å²) in [5.41, 5.74) is -0.439. The van der Waals surface area contributed by atoms with Gasteiger partial charge in [0, 0.05) is 13.1 Å². The molecule has 0 aromatic heterocycles. The van der Waals surface area contributed by atoms with E-state index in [4.69, 9.17) is 4.74 Å². The average molecular weight is 297 g/mol. The van der Waals surface area contributed by atoms with Crippen LogP contribution in [0.1, 0.15) is 27.2 Å². The highest BCUT2D eigenvalue weighted by Crippen LogP contribution is 2.32. The second kappa shape index (κ2) is 6.08. The molecule has 0 aromatic rings. The maximum atomic E-state index is 10.6. The minimum Gasteiger partial charge on any atom is -0.491 e. The zero-order chi connectivity index (χ0) is 15.8. The van der Waals surface area contributed by atoms with Crippen molar-refractivity contribution in [3.8, 4) is 0 Å². The van der Waals surface area contributed by atoms with Crippen LogP contribution in [0.25, 0.3) is 0 Å². The van der Waals surface area contributed by atoms with Crippen molar-refractivity contribution in [1.82, 2.24) is 4.90 Å². The first-order chi connectivity index (χ1) is 9.78. The largest absolute Gasteiger partial charge is 0.491 e. The Labute approximate surface area is 126 Å². The highest BCUT2D eigenvalue weighted by Gasteiger charge is 2.42. The lowest BCUT2D eigenvalue weighted by molar-refractivity contribution is -0.100. The standard InChI is InChI=1S/C16H27NO4/c1-10(2)16(20,11(3)18)12(4)21-9-13-5-7-17-8-6-14(19)15(13)17/h5,10-11,14-15,18-20H,4,6-9H2,1-3H3/t11-,14-,15?,16-/m1/s1. The summed E-state index contributed by atoms with van der Waals surface area (Å²) in [6, 6.07) is 0.0245. The number of hydrogen-bond donors (Lipinski definition) is 3. The first-order valence-corrected chi connectivity index (χ1v) is 7.62. The maximum absolute atomic E-state index is 10.6. The predicted molar refractivity (Wildman–Crippen MR) is 80.6 cm³/mol. The number of hydrogen-bond acceptors (Lipinski definition) is 5. The molecule has 0 aromatic carbocycles. The van der Waals surface area contributed by atoms with Crippen LogP contribution in [-0.2, 0) is 4.74 Å². The molecule has 2 heterocycles. The molecule has 3 N–H and O–H groups in total. The Balaban J connectivity index is 1.98. The molecular formula is C16H27NO4. The third-order valence-corrected chi connectivity index (χ3v) is 4.81. The van der Waals surface area contributed by atoms with Crippen LogP contribution in [0.3, 0.4) is 0 Å². The van der Waals surface area contributed by atoms with Crippen molar-refractivity contribution < 1.29 is 20.1 Å². The van der Waals surface area contributed by atoms with E-state index >= 15 is 0 Å². The van der Waals surface area contributed by atoms with Gasteiger partial charge in [-0.1, -0.05) is 26.5 Å². The zero-order valence-electron chi connectivity index (χ0n) is 13.1. The molecule has 5 nitrogen and oxygen atoms in total. The molecule has 1 unspecified atom stereocenters. The van der Waals surface area contributed by atoms with Crippen LogP contribution in [0.5, 0.6) is 0 Å². The van der Waals surface area contributed by atoms with Gasteiger partial charge < -0.3 is 20.1 Å². The molecule has 0 radical (unpaired) electrons. The van der Waals surface area contributed by atoms with Gasteiger partial charge in [-0.15, -0.1) is 0 Å². The molecule has 21 heavy (non-hydrogen) atoms. The number of aliphatic hydroxyl groups is 3. The van der Waals surface area contributed by atoms with Crippen LogP contribution in [0, 0.1) is 5.92 Å². The van der Waals surface area contributed by atoms with Gasteiger partial charge in [0.1, 0.15) is 18.0 Å². The summed E-state index contributed by atoms with van der Waals surface area (Å²) in [5.74, 6) is -0.0320. The van der Waals surface area contributed by atoms with Crippen LogP contribution in [0.4, 0.5) is 0 Å². The van der Waals surface area contributed by atoms with E-state index in [2.05, 4.69) is 17.6 Å². The van der Waals surface area contributed by atoms with Crippen LogP contribution in [0.2, 0.25) is 0 Å². The Bertz CT molecular complexity index is 422. The zero-order valence-corrected chi connectivity index (χ0v) is 13.1. The van der Waals surface area contributed by atoms with Gasteiger partial charge in [0.2, 0.25) is 0 Å². The van der Waals surface area contributed by atoms with Crippen LogP contribution in [0.15, 0.2) is 24.0 Å². The minimum absolute atomic E-state index is 0.0245. The predicted octanol–water partition coefficient (Wildman–Crippen LogP) is 0.660. The first kappa shape index (κ1) is 16.5. The van der Waals surface area contributed by atoms with E-state index in [-0.39, 0.29) is 23.8 Å². The lowest BCUT2D eigenvalue weighted by atomic mass is 9.84. The van der Waals surface area contributed by atoms with Gasteiger partial charge in [-0.2, -0.15) is 0 Å². The van der Waals surface area contributed by atoms with Crippen LogP contribution >= 0.6 is 0 Å². The van der Waals surface area contributed by atoms with Gasteiger partial charge in [0.15, 0.2) is 0 Å². The van der Waals surface area contributed by atoms with Gasteiger partial charge in [-0.3, -0.25) is 4.90 Å². The quantitative estimate of drug-likeness (QED) is 0.496. The fraction of sp³-hybridized carbons (Fsp3) is 0.750. The molecule has 1 saturated heterocycles. The van der Waals surface area contributed by atoms with Crippen molar-refractivity contribution in [3.05, 3.63) is 24.0 Å². The van der Waals surface area contributed by atoms with Crippen molar-refractivity contribution in [2.45, 2.75) is 51.0 Å². The monoisotopic (exact) mass is 297 g/mol. The highest BCUT2D eigenvalue weighted by atomic mass is 16.5. The Kier molecular flexibility index (Phi) is 4.78. The van der Waals surface area contributed by atoms with E-state index in [0.717, 1.165) is 25.1 Å². The lowest BCUT2D eigenvalue weighted by Crippen LogP contribution is -2.47. The van der Waals surface area contributed by atoms with Crippen LogP contribution < -0.4 is 0 Å². The molecule has 1 fully saturated rings.